The van der Waals surface area contributed by atoms with E-state index in [0.717, 1.165) is 0 Å². The summed E-state index contributed by atoms with van der Waals surface area (Å²) in [4.78, 5) is 42.7. The quantitative estimate of drug-likeness (QED) is 0.808. The Balaban J connectivity index is 1.49. The number of hydrogen-bond acceptors (Lipinski definition) is 6. The molecule has 1 atom stereocenters. The summed E-state index contributed by atoms with van der Waals surface area (Å²) in [6.45, 7) is 0.311. The molecule has 0 bridgehead atoms. The maximum Gasteiger partial charge on any atom is 0.269 e. The molecule has 25 heavy (non-hydrogen) atoms. The number of nitrogens with zero attached hydrogens (tertiary/aromatic N) is 2. The van der Waals surface area contributed by atoms with Crippen molar-refractivity contribution in [3.8, 4) is 0 Å². The van der Waals surface area contributed by atoms with Gasteiger partial charge in [-0.2, -0.15) is 0 Å². The smallest absolute Gasteiger partial charge is 0.269 e. The Morgan fingerprint density at radius 2 is 2.24 bits per heavy atom. The highest BCUT2D eigenvalue weighted by Crippen LogP contribution is 2.17. The minimum Gasteiger partial charge on any atom is -0.467 e. The van der Waals surface area contributed by atoms with Crippen LogP contribution in [0.15, 0.2) is 45.3 Å². The molecule has 2 N–H and O–H groups in total. The number of aliphatic imine (C=N–C) groups is 1. The molecule has 8 nitrogen and oxygen atoms in total. The highest BCUT2D eigenvalue weighted by atomic mass is 32.1. The van der Waals surface area contributed by atoms with Gasteiger partial charge < -0.3 is 15.1 Å². The van der Waals surface area contributed by atoms with Gasteiger partial charge in [-0.1, -0.05) is 6.08 Å². The van der Waals surface area contributed by atoms with Gasteiger partial charge >= 0.3 is 0 Å². The van der Waals surface area contributed by atoms with Gasteiger partial charge in [0.25, 0.3) is 5.91 Å². The lowest BCUT2D eigenvalue weighted by Gasteiger charge is -2.08. The Morgan fingerprint density at radius 1 is 1.36 bits per heavy atom. The van der Waals surface area contributed by atoms with Crippen molar-refractivity contribution in [1.29, 1.82) is 0 Å². The third-order valence-corrected chi connectivity index (χ3v) is 4.08. The third-order valence-electron chi connectivity index (χ3n) is 3.27. The van der Waals surface area contributed by atoms with E-state index in [1.807, 2.05) is 0 Å². The summed E-state index contributed by atoms with van der Waals surface area (Å²) in [6.07, 6.45) is 5.65. The van der Waals surface area contributed by atoms with E-state index in [2.05, 4.69) is 20.6 Å². The first-order chi connectivity index (χ1) is 12.1. The van der Waals surface area contributed by atoms with Crippen molar-refractivity contribution in [3.63, 3.8) is 0 Å². The van der Waals surface area contributed by atoms with Crippen LogP contribution in [0.4, 0.5) is 5.13 Å². The van der Waals surface area contributed by atoms with E-state index in [4.69, 9.17) is 4.42 Å². The van der Waals surface area contributed by atoms with Gasteiger partial charge in [-0.3, -0.25) is 14.4 Å². The number of hydrogen-bond donors (Lipinski definition) is 2. The second kappa shape index (κ2) is 7.67. The molecule has 0 spiro atoms. The van der Waals surface area contributed by atoms with Crippen LogP contribution in [0.2, 0.25) is 0 Å². The van der Waals surface area contributed by atoms with Crippen LogP contribution >= 0.6 is 11.3 Å². The molecule has 0 saturated heterocycles. The molecule has 1 unspecified atom stereocenters. The van der Waals surface area contributed by atoms with E-state index in [1.165, 1.54) is 29.7 Å². The zero-order valence-corrected chi connectivity index (χ0v) is 13.8. The van der Waals surface area contributed by atoms with E-state index in [-0.39, 0.29) is 24.1 Å². The molecule has 9 heteroatoms. The minimum absolute atomic E-state index is 0.104. The number of furan rings is 1. The van der Waals surface area contributed by atoms with Crippen LogP contribution in [0, 0.1) is 5.92 Å². The predicted octanol–water partition coefficient (Wildman–Crippen LogP) is 1.32. The molecule has 0 radical (unpaired) electrons. The summed E-state index contributed by atoms with van der Waals surface area (Å²) < 4.78 is 5.13. The van der Waals surface area contributed by atoms with Gasteiger partial charge in [-0.15, -0.1) is 11.3 Å². The fraction of sp³-hybridized carbons (Fsp3) is 0.188. The summed E-state index contributed by atoms with van der Waals surface area (Å²) in [5, 5.41) is 7.46. The van der Waals surface area contributed by atoms with Gasteiger partial charge in [0.15, 0.2) is 5.13 Å². The van der Waals surface area contributed by atoms with Crippen LogP contribution < -0.4 is 10.6 Å². The molecule has 3 heterocycles. The van der Waals surface area contributed by atoms with Gasteiger partial charge in [-0.05, 0) is 12.1 Å². The summed E-state index contributed by atoms with van der Waals surface area (Å²) in [7, 11) is 0. The first-order valence-corrected chi connectivity index (χ1v) is 8.29. The number of carbonyl (C=O) groups excluding carboxylic acids is 3. The van der Waals surface area contributed by atoms with Crippen molar-refractivity contribution in [3.05, 3.63) is 47.4 Å². The fourth-order valence-electron chi connectivity index (χ4n) is 2.05. The second-order valence-electron chi connectivity index (χ2n) is 5.17. The molecule has 0 aliphatic carbocycles. The Kier molecular flexibility index (Phi) is 5.14. The van der Waals surface area contributed by atoms with Gasteiger partial charge in [0.1, 0.15) is 5.76 Å². The number of thiazole rings is 1. The molecule has 0 fully saturated rings. The maximum absolute atomic E-state index is 12.1. The largest absolute Gasteiger partial charge is 0.467 e. The van der Waals surface area contributed by atoms with E-state index in [1.54, 1.807) is 23.8 Å². The second-order valence-corrected chi connectivity index (χ2v) is 6.03. The molecule has 128 valence electrons. The number of anilines is 1. The van der Waals surface area contributed by atoms with Crippen LogP contribution in [0.1, 0.15) is 11.5 Å². The first-order valence-electron chi connectivity index (χ1n) is 7.41. The molecule has 2 aromatic heterocycles. The highest BCUT2D eigenvalue weighted by molar-refractivity contribution is 7.13. The highest BCUT2D eigenvalue weighted by Gasteiger charge is 2.18. The molecule has 2 aromatic rings. The van der Waals surface area contributed by atoms with Crippen molar-refractivity contribution >= 4 is 40.4 Å². The van der Waals surface area contributed by atoms with Crippen LogP contribution in [0.25, 0.3) is 0 Å². The lowest BCUT2D eigenvalue weighted by Crippen LogP contribution is -2.25. The fourth-order valence-corrected chi connectivity index (χ4v) is 2.76. The third kappa shape index (κ3) is 4.70. The molecule has 3 rings (SSSR count). The summed E-state index contributed by atoms with van der Waals surface area (Å²) in [5.74, 6) is -0.862. The Hall–Kier alpha value is -3.07. The lowest BCUT2D eigenvalue weighted by molar-refractivity contribution is -0.121. The number of dihydropyridines is 1. The summed E-state index contributed by atoms with van der Waals surface area (Å²) >= 11 is 1.22. The van der Waals surface area contributed by atoms with Crippen LogP contribution in [0.5, 0.6) is 0 Å². The van der Waals surface area contributed by atoms with Crippen LogP contribution in [-0.2, 0) is 27.3 Å². The number of aromatic nitrogens is 1. The van der Waals surface area contributed by atoms with E-state index >= 15 is 0 Å². The van der Waals surface area contributed by atoms with Crippen molar-refractivity contribution in [2.75, 3.05) is 5.32 Å². The number of carbonyl (C=O) groups is 3. The Labute approximate surface area is 146 Å². The SMILES string of the molecule is O=C1C=CC(C(=O)Nc2nc(CC(=O)NCc3ccco3)cs2)C=N1. The van der Waals surface area contributed by atoms with Crippen LogP contribution in [0.3, 0.4) is 0 Å². The molecule has 0 aromatic carbocycles. The topological polar surface area (TPSA) is 114 Å². The molecular weight excluding hydrogens is 344 g/mol. The number of rotatable bonds is 6. The van der Waals surface area contributed by atoms with E-state index < -0.39 is 5.92 Å². The standard InChI is InChI=1S/C16H14N4O4S/c21-13-4-3-10(7-17-13)15(23)20-16-19-11(9-25-16)6-14(22)18-8-12-2-1-5-24-12/h1-5,7,9-10H,6,8H2,(H,18,22)(H,19,20,23). The van der Waals surface area contributed by atoms with Gasteiger partial charge in [-0.25, -0.2) is 9.98 Å². The van der Waals surface area contributed by atoms with Gasteiger partial charge in [0.05, 0.1) is 30.8 Å². The van der Waals surface area contributed by atoms with Crippen LogP contribution in [-0.4, -0.2) is 28.9 Å². The van der Waals surface area contributed by atoms with Crippen molar-refractivity contribution in [2.24, 2.45) is 10.9 Å². The Bertz CT molecular complexity index is 822. The lowest BCUT2D eigenvalue weighted by atomic mass is 10.1. The van der Waals surface area contributed by atoms with Gasteiger partial charge in [0.2, 0.25) is 11.8 Å². The van der Waals surface area contributed by atoms with Crippen molar-refractivity contribution < 1.29 is 18.8 Å². The van der Waals surface area contributed by atoms with Gasteiger partial charge in [0, 0.05) is 17.7 Å². The summed E-state index contributed by atoms with van der Waals surface area (Å²) in [5.41, 5.74) is 0.556. The number of nitrogens with one attached hydrogen (secondary N) is 2. The molecule has 1 aliphatic heterocycles. The average Bonchev–Trinajstić information content (AvgIpc) is 3.25. The summed E-state index contributed by atoms with van der Waals surface area (Å²) in [6, 6.07) is 3.52. The molecule has 3 amide bonds. The van der Waals surface area contributed by atoms with Crippen molar-refractivity contribution in [1.82, 2.24) is 10.3 Å². The molecule has 0 saturated carbocycles. The predicted molar refractivity (Wildman–Crippen MR) is 91.1 cm³/mol. The first kappa shape index (κ1) is 16.8. The minimum atomic E-state index is -0.610. The maximum atomic E-state index is 12.1. The van der Waals surface area contributed by atoms with E-state index in [9.17, 15) is 14.4 Å². The zero-order valence-electron chi connectivity index (χ0n) is 13.0. The number of amides is 3. The average molecular weight is 358 g/mol. The monoisotopic (exact) mass is 358 g/mol. The van der Waals surface area contributed by atoms with Crippen molar-refractivity contribution in [2.45, 2.75) is 13.0 Å². The van der Waals surface area contributed by atoms with E-state index in [0.29, 0.717) is 23.1 Å². The Morgan fingerprint density at radius 3 is 2.96 bits per heavy atom. The molecular formula is C16H14N4O4S. The normalized spacial score (nSPS) is 16.0. The molecule has 1 aliphatic rings. The zero-order chi connectivity index (χ0) is 17.6.